The minimum absolute atomic E-state index is 0.0776. The molecule has 2 heterocycles. The summed E-state index contributed by atoms with van der Waals surface area (Å²) in [5.41, 5.74) is 2.40. The average molecular weight is 489 g/mol. The Labute approximate surface area is 208 Å². The lowest BCUT2D eigenvalue weighted by Gasteiger charge is -2.26. The molecule has 1 aromatic heterocycles. The second kappa shape index (κ2) is 10.7. The fourth-order valence-corrected chi connectivity index (χ4v) is 4.98. The van der Waals surface area contributed by atoms with E-state index in [1.807, 2.05) is 80.6 Å². The summed E-state index contributed by atoms with van der Waals surface area (Å²) in [6, 6.07) is 16.6. The molecule has 0 unspecified atom stereocenters. The van der Waals surface area contributed by atoms with Crippen molar-refractivity contribution in [3.05, 3.63) is 103 Å². The molecule has 1 aliphatic heterocycles. The monoisotopic (exact) mass is 488 g/mol. The molecular formula is C28H28N2O4S. The van der Waals surface area contributed by atoms with E-state index in [0.717, 1.165) is 5.56 Å². The zero-order valence-electron chi connectivity index (χ0n) is 20.2. The van der Waals surface area contributed by atoms with Gasteiger partial charge in [-0.2, -0.15) is 0 Å². The number of fused-ring (bicyclic) bond motifs is 1. The lowest BCUT2D eigenvalue weighted by Crippen LogP contribution is -2.40. The van der Waals surface area contributed by atoms with E-state index >= 15 is 0 Å². The highest BCUT2D eigenvalue weighted by molar-refractivity contribution is 7.07. The quantitative estimate of drug-likeness (QED) is 0.466. The van der Waals surface area contributed by atoms with Crippen LogP contribution in [-0.4, -0.2) is 23.2 Å². The Morgan fingerprint density at radius 1 is 1.14 bits per heavy atom. The molecule has 2 aromatic carbocycles. The van der Waals surface area contributed by atoms with E-state index in [9.17, 15) is 9.59 Å². The molecule has 0 radical (unpaired) electrons. The van der Waals surface area contributed by atoms with Gasteiger partial charge in [0.25, 0.3) is 5.56 Å². The maximum Gasteiger partial charge on any atom is 0.338 e. The molecule has 0 saturated heterocycles. The van der Waals surface area contributed by atoms with Crippen LogP contribution in [0.5, 0.6) is 5.75 Å². The topological polar surface area (TPSA) is 69.9 Å². The van der Waals surface area contributed by atoms with Crippen molar-refractivity contribution in [2.45, 2.75) is 39.8 Å². The van der Waals surface area contributed by atoms with E-state index in [4.69, 9.17) is 9.47 Å². The molecule has 0 spiro atoms. The average Bonchev–Trinajstić information content (AvgIpc) is 3.14. The molecule has 0 bridgehead atoms. The molecular weight excluding hydrogens is 460 g/mol. The van der Waals surface area contributed by atoms with Crippen LogP contribution in [0.1, 0.15) is 44.9 Å². The van der Waals surface area contributed by atoms with E-state index < -0.39 is 12.0 Å². The number of para-hydroxylation sites is 1. The molecule has 35 heavy (non-hydrogen) atoms. The van der Waals surface area contributed by atoms with Crippen LogP contribution in [0, 0.1) is 0 Å². The summed E-state index contributed by atoms with van der Waals surface area (Å²) < 4.78 is 13.5. The van der Waals surface area contributed by atoms with Crippen LogP contribution in [0.15, 0.2) is 81.7 Å². The zero-order chi connectivity index (χ0) is 24.9. The number of hydrogen-bond donors (Lipinski definition) is 0. The van der Waals surface area contributed by atoms with Crippen LogP contribution in [0.2, 0.25) is 0 Å². The highest BCUT2D eigenvalue weighted by atomic mass is 32.1. The van der Waals surface area contributed by atoms with Crippen molar-refractivity contribution in [3.8, 4) is 5.75 Å². The van der Waals surface area contributed by atoms with Crippen molar-refractivity contribution in [1.82, 2.24) is 4.57 Å². The Kier molecular flexibility index (Phi) is 7.46. The van der Waals surface area contributed by atoms with Crippen molar-refractivity contribution < 1.29 is 14.3 Å². The molecule has 1 atom stereocenters. The van der Waals surface area contributed by atoms with Gasteiger partial charge in [0.1, 0.15) is 11.8 Å². The SMILES string of the molecule is CCOC(=O)C1=C(C)N=c2s/c(=C/C=C/c3ccccc3)c(=O)n2[C@@H]1c1ccccc1OC(C)C. The van der Waals surface area contributed by atoms with Gasteiger partial charge in [0.15, 0.2) is 4.80 Å². The summed E-state index contributed by atoms with van der Waals surface area (Å²) in [6.45, 7) is 7.63. The number of carbonyl (C=O) groups is 1. The van der Waals surface area contributed by atoms with Gasteiger partial charge in [0.05, 0.1) is 28.5 Å². The van der Waals surface area contributed by atoms with Gasteiger partial charge in [-0.1, -0.05) is 72.0 Å². The standard InChI is InChI=1S/C28H28N2O4S/c1-5-33-27(32)24-19(4)29-28-30(25(24)21-15-9-10-16-22(21)34-18(2)3)26(31)23(35-28)17-11-14-20-12-7-6-8-13-20/h6-18,25H,5H2,1-4H3/b14-11+,23-17+/t25-/m1/s1. The first kappa shape index (κ1) is 24.4. The minimum atomic E-state index is -0.708. The van der Waals surface area contributed by atoms with Crippen LogP contribution in [-0.2, 0) is 9.53 Å². The number of benzene rings is 2. The second-order valence-corrected chi connectivity index (χ2v) is 9.31. The van der Waals surface area contributed by atoms with Crippen molar-refractivity contribution in [2.75, 3.05) is 6.61 Å². The minimum Gasteiger partial charge on any atom is -0.491 e. The van der Waals surface area contributed by atoms with Gasteiger partial charge in [-0.05, 0) is 45.4 Å². The van der Waals surface area contributed by atoms with Gasteiger partial charge in [-0.15, -0.1) is 0 Å². The number of ether oxygens (including phenoxy) is 2. The molecule has 0 saturated carbocycles. The third-order valence-corrected chi connectivity index (χ3v) is 6.43. The maximum absolute atomic E-state index is 13.6. The zero-order valence-corrected chi connectivity index (χ0v) is 21.0. The Hall–Kier alpha value is -3.71. The van der Waals surface area contributed by atoms with Gasteiger partial charge in [-0.25, -0.2) is 9.79 Å². The predicted octanol–water partition coefficient (Wildman–Crippen LogP) is 4.25. The summed E-state index contributed by atoms with van der Waals surface area (Å²) in [6.07, 6.45) is 5.50. The molecule has 0 amide bonds. The summed E-state index contributed by atoms with van der Waals surface area (Å²) in [5.74, 6) is 0.124. The van der Waals surface area contributed by atoms with Gasteiger partial charge in [0.2, 0.25) is 0 Å². The molecule has 6 nitrogen and oxygen atoms in total. The molecule has 3 aromatic rings. The maximum atomic E-state index is 13.6. The number of thiazole rings is 1. The summed E-state index contributed by atoms with van der Waals surface area (Å²) in [7, 11) is 0. The number of aromatic nitrogens is 1. The molecule has 0 aliphatic carbocycles. The Morgan fingerprint density at radius 2 is 1.86 bits per heavy atom. The smallest absolute Gasteiger partial charge is 0.338 e. The van der Waals surface area contributed by atoms with Crippen LogP contribution in [0.3, 0.4) is 0 Å². The van der Waals surface area contributed by atoms with Crippen molar-refractivity contribution in [3.63, 3.8) is 0 Å². The van der Waals surface area contributed by atoms with Crippen molar-refractivity contribution in [2.24, 2.45) is 4.99 Å². The third-order valence-electron chi connectivity index (χ3n) is 5.43. The first-order valence-electron chi connectivity index (χ1n) is 11.6. The van der Waals surface area contributed by atoms with E-state index in [0.29, 0.717) is 31.9 Å². The Bertz CT molecular complexity index is 1460. The first-order chi connectivity index (χ1) is 16.9. The number of carbonyl (C=O) groups excluding carboxylic acids is 1. The van der Waals surface area contributed by atoms with Crippen LogP contribution in [0.4, 0.5) is 0 Å². The van der Waals surface area contributed by atoms with Crippen LogP contribution >= 0.6 is 11.3 Å². The highest BCUT2D eigenvalue weighted by Gasteiger charge is 2.35. The Morgan fingerprint density at radius 3 is 2.57 bits per heavy atom. The van der Waals surface area contributed by atoms with E-state index in [1.165, 1.54) is 11.3 Å². The highest BCUT2D eigenvalue weighted by Crippen LogP contribution is 2.36. The summed E-state index contributed by atoms with van der Waals surface area (Å²) in [4.78, 5) is 31.9. The van der Waals surface area contributed by atoms with Crippen LogP contribution < -0.4 is 19.6 Å². The number of nitrogens with zero attached hydrogens (tertiary/aromatic N) is 2. The van der Waals surface area contributed by atoms with Crippen molar-refractivity contribution in [1.29, 1.82) is 0 Å². The van der Waals surface area contributed by atoms with Gasteiger partial charge in [-0.3, -0.25) is 9.36 Å². The van der Waals surface area contributed by atoms with Gasteiger partial charge in [0, 0.05) is 5.56 Å². The second-order valence-electron chi connectivity index (χ2n) is 8.30. The normalized spacial score (nSPS) is 15.9. The van der Waals surface area contributed by atoms with E-state index in [1.54, 1.807) is 24.5 Å². The summed E-state index contributed by atoms with van der Waals surface area (Å²) >= 11 is 1.30. The lowest BCUT2D eigenvalue weighted by atomic mass is 9.95. The largest absolute Gasteiger partial charge is 0.491 e. The number of hydrogen-bond acceptors (Lipinski definition) is 6. The first-order valence-corrected chi connectivity index (χ1v) is 12.4. The van der Waals surface area contributed by atoms with Gasteiger partial charge < -0.3 is 9.47 Å². The van der Waals surface area contributed by atoms with Crippen molar-refractivity contribution >= 4 is 29.5 Å². The molecule has 0 fully saturated rings. The fourth-order valence-electron chi connectivity index (χ4n) is 3.98. The van der Waals surface area contributed by atoms with E-state index in [-0.39, 0.29) is 18.3 Å². The molecule has 7 heteroatoms. The van der Waals surface area contributed by atoms with Gasteiger partial charge >= 0.3 is 5.97 Å². The van der Waals surface area contributed by atoms with E-state index in [2.05, 4.69) is 4.99 Å². The molecule has 1 aliphatic rings. The number of esters is 1. The third kappa shape index (κ3) is 5.20. The predicted molar refractivity (Wildman–Crippen MR) is 139 cm³/mol. The summed E-state index contributed by atoms with van der Waals surface area (Å²) in [5, 5.41) is 0. The Balaban J connectivity index is 1.90. The number of allylic oxidation sites excluding steroid dienone is 2. The molecule has 180 valence electrons. The lowest BCUT2D eigenvalue weighted by molar-refractivity contribution is -0.139. The fraction of sp³-hybridized carbons (Fsp3) is 0.250. The molecule has 4 rings (SSSR count). The molecule has 0 N–H and O–H groups in total. The number of rotatable bonds is 7. The van der Waals surface area contributed by atoms with Crippen LogP contribution in [0.25, 0.3) is 12.2 Å².